The predicted molar refractivity (Wildman–Crippen MR) is 139 cm³/mol. The molecule has 0 radical (unpaired) electrons. The van der Waals surface area contributed by atoms with Gasteiger partial charge >= 0.3 is 0 Å². The van der Waals surface area contributed by atoms with Gasteiger partial charge in [0.1, 0.15) is 0 Å². The van der Waals surface area contributed by atoms with E-state index in [-0.39, 0.29) is 0 Å². The summed E-state index contributed by atoms with van der Waals surface area (Å²) in [6.07, 6.45) is 23.1. The average Bonchev–Trinajstić information content (AvgIpc) is 3.11. The predicted octanol–water partition coefficient (Wildman–Crippen LogP) is 9.44. The Hall–Kier alpha value is -1.83. The molecule has 0 saturated heterocycles. The largest absolute Gasteiger partial charge is 0.353 e. The van der Waals surface area contributed by atoms with Crippen LogP contribution in [0.2, 0.25) is 0 Å². The molecule has 2 rings (SSSR count). The Morgan fingerprint density at radius 3 is 1.69 bits per heavy atom. The maximum Gasteiger partial charge on any atom is 0.165 e. The second kappa shape index (κ2) is 15.9. The topological polar surface area (TPSA) is 22.0 Å². The van der Waals surface area contributed by atoms with Crippen molar-refractivity contribution < 1.29 is 4.79 Å². The van der Waals surface area contributed by atoms with Gasteiger partial charge in [-0.25, -0.2) is 0 Å². The molecule has 1 aromatic heterocycles. The van der Waals surface area contributed by atoms with Crippen LogP contribution in [-0.4, -0.2) is 10.4 Å². The number of unbranched alkanes of at least 4 members (excludes halogenated alkanes) is 14. The summed E-state index contributed by atoms with van der Waals surface area (Å²) in [7, 11) is 2.03. The number of Topliss-reactive ketones (excluding diaryl/α,β-unsaturated/α-hetero) is 1. The fourth-order valence-corrected chi connectivity index (χ4v) is 4.70. The smallest absolute Gasteiger partial charge is 0.165 e. The van der Waals surface area contributed by atoms with Gasteiger partial charge in [0, 0.05) is 36.5 Å². The summed E-state index contributed by atoms with van der Waals surface area (Å²) < 4.78 is 2.09. The van der Waals surface area contributed by atoms with Crippen molar-refractivity contribution in [3.05, 3.63) is 47.8 Å². The number of hydrogen-bond donors (Lipinski definition) is 0. The molecule has 2 heteroatoms. The van der Waals surface area contributed by atoms with E-state index in [4.69, 9.17) is 0 Å². The van der Waals surface area contributed by atoms with Crippen molar-refractivity contribution in [1.29, 1.82) is 0 Å². The van der Waals surface area contributed by atoms with Crippen molar-refractivity contribution >= 4 is 5.78 Å². The van der Waals surface area contributed by atoms with Crippen LogP contribution >= 0.6 is 0 Å². The van der Waals surface area contributed by atoms with Gasteiger partial charge in [-0.1, -0.05) is 127 Å². The third-order valence-corrected chi connectivity index (χ3v) is 6.85. The molecule has 0 amide bonds. The maximum atomic E-state index is 13.0. The third kappa shape index (κ3) is 9.35. The first-order valence-electron chi connectivity index (χ1n) is 13.4. The Bertz CT molecular complexity index is 759. The minimum atomic E-state index is 0.302. The molecule has 178 valence electrons. The van der Waals surface area contributed by atoms with E-state index in [1.165, 1.54) is 89.9 Å². The second-order valence-corrected chi connectivity index (χ2v) is 9.60. The van der Waals surface area contributed by atoms with E-state index in [1.54, 1.807) is 0 Å². The molecule has 0 aliphatic rings. The van der Waals surface area contributed by atoms with Crippen molar-refractivity contribution in [3.8, 4) is 11.1 Å². The molecule has 32 heavy (non-hydrogen) atoms. The molecule has 0 aliphatic heterocycles. The first-order valence-corrected chi connectivity index (χ1v) is 13.4. The average molecular weight is 438 g/mol. The van der Waals surface area contributed by atoms with E-state index >= 15 is 0 Å². The molecule has 1 heterocycles. The number of rotatable bonds is 18. The first kappa shape index (κ1) is 26.4. The molecule has 0 unspecified atom stereocenters. The van der Waals surface area contributed by atoms with Crippen LogP contribution in [-0.2, 0) is 7.05 Å². The van der Waals surface area contributed by atoms with Crippen molar-refractivity contribution in [1.82, 2.24) is 4.57 Å². The number of carbonyl (C=O) groups excluding carboxylic acids is 1. The summed E-state index contributed by atoms with van der Waals surface area (Å²) in [5.74, 6) is 0.302. The molecule has 0 aliphatic carbocycles. The van der Waals surface area contributed by atoms with Crippen LogP contribution in [0.5, 0.6) is 0 Å². The number of ketones is 1. The van der Waals surface area contributed by atoms with Crippen molar-refractivity contribution in [3.63, 3.8) is 0 Å². The molecule has 0 bridgehead atoms. The van der Waals surface area contributed by atoms with E-state index in [1.807, 2.05) is 25.2 Å². The Labute approximate surface area is 197 Å². The highest BCUT2D eigenvalue weighted by Gasteiger charge is 2.18. The normalized spacial score (nSPS) is 11.2. The lowest BCUT2D eigenvalue weighted by molar-refractivity contribution is 0.0979. The summed E-state index contributed by atoms with van der Waals surface area (Å²) in [6.45, 7) is 4.35. The van der Waals surface area contributed by atoms with Crippen molar-refractivity contribution in [2.24, 2.45) is 7.05 Å². The van der Waals surface area contributed by atoms with Gasteiger partial charge in [0.15, 0.2) is 5.78 Å². The van der Waals surface area contributed by atoms with E-state index in [0.29, 0.717) is 12.2 Å². The zero-order valence-corrected chi connectivity index (χ0v) is 21.1. The minimum absolute atomic E-state index is 0.302. The summed E-state index contributed by atoms with van der Waals surface area (Å²) in [5, 5.41) is 0. The summed E-state index contributed by atoms with van der Waals surface area (Å²) in [5.41, 5.74) is 4.21. The molecular weight excluding hydrogens is 390 g/mol. The molecule has 0 saturated carbocycles. The zero-order valence-electron chi connectivity index (χ0n) is 21.1. The summed E-state index contributed by atoms with van der Waals surface area (Å²) >= 11 is 0. The lowest BCUT2D eigenvalue weighted by Crippen LogP contribution is -2.03. The van der Waals surface area contributed by atoms with Crippen molar-refractivity contribution in [2.75, 3.05) is 0 Å². The monoisotopic (exact) mass is 437 g/mol. The number of carbonyl (C=O) groups is 1. The highest BCUT2D eigenvalue weighted by Crippen LogP contribution is 2.29. The molecule has 0 N–H and O–H groups in total. The van der Waals surface area contributed by atoms with Crippen LogP contribution < -0.4 is 0 Å². The standard InChI is InChI=1S/C30H47NO/c1-4-5-6-7-8-9-10-11-12-13-14-15-16-17-21-24-29(32)30-26(2)31(3)25-28(30)27-22-19-18-20-23-27/h18-20,22-23,25H,4-17,21,24H2,1-3H3. The quantitative estimate of drug-likeness (QED) is 0.168. The highest BCUT2D eigenvalue weighted by molar-refractivity contribution is 6.03. The Balaban J connectivity index is 1.55. The minimum Gasteiger partial charge on any atom is -0.353 e. The van der Waals surface area contributed by atoms with Gasteiger partial charge in [-0.3, -0.25) is 4.79 Å². The van der Waals surface area contributed by atoms with Crippen molar-refractivity contribution in [2.45, 2.75) is 117 Å². The molecule has 0 fully saturated rings. The van der Waals surface area contributed by atoms with Crippen LogP contribution in [0.15, 0.2) is 36.5 Å². The fraction of sp³-hybridized carbons (Fsp3) is 0.633. The van der Waals surface area contributed by atoms with Gasteiger partial charge < -0.3 is 4.57 Å². The highest BCUT2D eigenvalue weighted by atomic mass is 16.1. The van der Waals surface area contributed by atoms with Gasteiger partial charge in [0.25, 0.3) is 0 Å². The Kier molecular flexibility index (Phi) is 13.1. The number of aromatic nitrogens is 1. The van der Waals surface area contributed by atoms with E-state index in [9.17, 15) is 4.79 Å². The Morgan fingerprint density at radius 2 is 1.19 bits per heavy atom. The summed E-state index contributed by atoms with van der Waals surface area (Å²) in [4.78, 5) is 13.0. The molecule has 0 spiro atoms. The number of nitrogens with zero attached hydrogens (tertiary/aromatic N) is 1. The number of benzene rings is 1. The molecule has 2 aromatic rings. The van der Waals surface area contributed by atoms with Crippen LogP contribution in [0.1, 0.15) is 126 Å². The molecular formula is C30H47NO. The first-order chi connectivity index (χ1) is 15.6. The van der Waals surface area contributed by atoms with Crippen LogP contribution in [0.4, 0.5) is 0 Å². The zero-order chi connectivity index (χ0) is 23.0. The maximum absolute atomic E-state index is 13.0. The van der Waals surface area contributed by atoms with Gasteiger partial charge in [-0.2, -0.15) is 0 Å². The molecule has 0 atom stereocenters. The molecule has 1 aromatic carbocycles. The fourth-order valence-electron chi connectivity index (χ4n) is 4.70. The second-order valence-electron chi connectivity index (χ2n) is 9.60. The van der Waals surface area contributed by atoms with E-state index in [2.05, 4.69) is 36.7 Å². The van der Waals surface area contributed by atoms with Gasteiger partial charge in [-0.05, 0) is 18.9 Å². The van der Waals surface area contributed by atoms with Crippen LogP contribution in [0.3, 0.4) is 0 Å². The van der Waals surface area contributed by atoms with E-state index < -0.39 is 0 Å². The SMILES string of the molecule is CCCCCCCCCCCCCCCCCC(=O)c1c(-c2ccccc2)cn(C)c1C. The number of hydrogen-bond acceptors (Lipinski definition) is 1. The summed E-state index contributed by atoms with van der Waals surface area (Å²) in [6, 6.07) is 10.3. The van der Waals surface area contributed by atoms with Gasteiger partial charge in [-0.15, -0.1) is 0 Å². The Morgan fingerprint density at radius 1 is 0.719 bits per heavy atom. The molecule has 2 nitrogen and oxygen atoms in total. The van der Waals surface area contributed by atoms with Crippen LogP contribution in [0.25, 0.3) is 11.1 Å². The third-order valence-electron chi connectivity index (χ3n) is 6.85. The van der Waals surface area contributed by atoms with Gasteiger partial charge in [0.05, 0.1) is 0 Å². The van der Waals surface area contributed by atoms with E-state index in [0.717, 1.165) is 28.8 Å². The number of aryl methyl sites for hydroxylation is 1. The lowest BCUT2D eigenvalue weighted by atomic mass is 9.96. The van der Waals surface area contributed by atoms with Crippen LogP contribution in [0, 0.1) is 6.92 Å². The lowest BCUT2D eigenvalue weighted by Gasteiger charge is -2.06. The van der Waals surface area contributed by atoms with Gasteiger partial charge in [0.2, 0.25) is 0 Å².